The predicted octanol–water partition coefficient (Wildman–Crippen LogP) is 3.18. The number of amides is 1. The van der Waals surface area contributed by atoms with Gasteiger partial charge in [0.05, 0.1) is 30.5 Å². The third-order valence-electron chi connectivity index (χ3n) is 5.18. The number of aromatic nitrogens is 3. The number of carbonyl (C=O) groups is 2. The molecule has 0 saturated heterocycles. The average molecular weight is 372 g/mol. The van der Waals surface area contributed by atoms with Crippen molar-refractivity contribution in [1.29, 1.82) is 0 Å². The zero-order valence-electron chi connectivity index (χ0n) is 16.9. The summed E-state index contributed by atoms with van der Waals surface area (Å²) in [5.41, 5.74) is 4.25. The third-order valence-corrected chi connectivity index (χ3v) is 5.18. The van der Waals surface area contributed by atoms with Gasteiger partial charge in [-0.2, -0.15) is 5.10 Å². The fourth-order valence-electron chi connectivity index (χ4n) is 3.90. The van der Waals surface area contributed by atoms with E-state index >= 15 is 0 Å². The lowest BCUT2D eigenvalue weighted by molar-refractivity contribution is 0.0599. The number of aromatic amines is 1. The monoisotopic (exact) mass is 372 g/mol. The minimum absolute atomic E-state index is 0.0815. The Balaban J connectivity index is 1.87. The summed E-state index contributed by atoms with van der Waals surface area (Å²) in [6, 6.07) is -0.0815. The van der Waals surface area contributed by atoms with Crippen molar-refractivity contribution in [3.8, 4) is 0 Å². The van der Waals surface area contributed by atoms with Crippen LogP contribution in [0.3, 0.4) is 0 Å². The topological polar surface area (TPSA) is 89.0 Å². The number of carbonyl (C=O) groups excluding carboxylic acids is 2. The highest BCUT2D eigenvalue weighted by molar-refractivity contribution is 6.00. The van der Waals surface area contributed by atoms with Crippen molar-refractivity contribution in [3.63, 3.8) is 0 Å². The molecular weight excluding hydrogens is 344 g/mol. The maximum atomic E-state index is 12.9. The molecule has 3 rings (SSSR count). The highest BCUT2D eigenvalue weighted by Gasteiger charge is 2.30. The van der Waals surface area contributed by atoms with Gasteiger partial charge in [-0.25, -0.2) is 4.79 Å². The number of H-pyrrole nitrogens is 1. The molecule has 1 atom stereocenters. The molecule has 7 nitrogen and oxygen atoms in total. The number of rotatable bonds is 3. The molecule has 1 aliphatic carbocycles. The number of nitrogens with zero attached hydrogens (tertiary/aromatic N) is 2. The number of nitrogens with one attached hydrogen (secondary N) is 2. The largest absolute Gasteiger partial charge is 0.465 e. The Labute approximate surface area is 159 Å². The van der Waals surface area contributed by atoms with E-state index in [4.69, 9.17) is 4.74 Å². The maximum absolute atomic E-state index is 12.9. The quantitative estimate of drug-likeness (QED) is 0.810. The molecule has 0 unspecified atom stereocenters. The summed E-state index contributed by atoms with van der Waals surface area (Å²) in [6.07, 6.45) is 4.70. The summed E-state index contributed by atoms with van der Waals surface area (Å²) in [5.74, 6) is -0.654. The van der Waals surface area contributed by atoms with Crippen LogP contribution < -0.4 is 5.32 Å². The molecule has 2 N–H and O–H groups in total. The van der Waals surface area contributed by atoms with Gasteiger partial charge in [-0.1, -0.05) is 0 Å². The Morgan fingerprint density at radius 2 is 2.04 bits per heavy atom. The van der Waals surface area contributed by atoms with Crippen molar-refractivity contribution < 1.29 is 14.3 Å². The van der Waals surface area contributed by atoms with E-state index in [9.17, 15) is 9.59 Å². The molecule has 0 aliphatic heterocycles. The Kier molecular flexibility index (Phi) is 4.88. The lowest BCUT2D eigenvalue weighted by atomic mass is 9.92. The van der Waals surface area contributed by atoms with E-state index < -0.39 is 5.97 Å². The highest BCUT2D eigenvalue weighted by atomic mass is 16.5. The van der Waals surface area contributed by atoms with Gasteiger partial charge in [-0.3, -0.25) is 9.48 Å². The van der Waals surface area contributed by atoms with E-state index in [-0.39, 0.29) is 17.5 Å². The number of aryl methyl sites for hydroxylation is 1. The van der Waals surface area contributed by atoms with E-state index in [1.54, 1.807) is 13.8 Å². The second kappa shape index (κ2) is 6.87. The van der Waals surface area contributed by atoms with Gasteiger partial charge in [-0.15, -0.1) is 0 Å². The van der Waals surface area contributed by atoms with Gasteiger partial charge in [0, 0.05) is 17.0 Å². The van der Waals surface area contributed by atoms with Crippen molar-refractivity contribution in [1.82, 2.24) is 20.1 Å². The number of fused-ring (bicyclic) bond motifs is 1. The molecule has 2 aromatic rings. The SMILES string of the molecule is COC(=O)c1c(C)[nH]c(C(=O)N[C@@H]2CCCc3c2cnn3C(C)(C)C)c1C. The van der Waals surface area contributed by atoms with Gasteiger partial charge in [0.15, 0.2) is 0 Å². The van der Waals surface area contributed by atoms with E-state index in [1.165, 1.54) is 12.8 Å². The first kappa shape index (κ1) is 19.2. The van der Waals surface area contributed by atoms with Crippen molar-refractivity contribution >= 4 is 11.9 Å². The Morgan fingerprint density at radius 1 is 1.33 bits per heavy atom. The molecule has 146 valence electrons. The third kappa shape index (κ3) is 3.38. The van der Waals surface area contributed by atoms with Crippen LogP contribution in [0.1, 0.15) is 83.0 Å². The smallest absolute Gasteiger partial charge is 0.339 e. The first-order valence-corrected chi connectivity index (χ1v) is 9.30. The molecule has 1 aliphatic rings. The molecule has 0 bridgehead atoms. The van der Waals surface area contributed by atoms with Crippen molar-refractivity contribution in [2.45, 2.75) is 65.5 Å². The highest BCUT2D eigenvalue weighted by Crippen LogP contribution is 2.32. The van der Waals surface area contributed by atoms with Crippen LogP contribution in [-0.2, 0) is 16.7 Å². The van der Waals surface area contributed by atoms with E-state index in [0.717, 1.165) is 24.8 Å². The van der Waals surface area contributed by atoms with Crippen LogP contribution in [0.15, 0.2) is 6.20 Å². The maximum Gasteiger partial charge on any atom is 0.339 e. The molecule has 7 heteroatoms. The van der Waals surface area contributed by atoms with Crippen LogP contribution >= 0.6 is 0 Å². The molecule has 0 saturated carbocycles. The summed E-state index contributed by atoms with van der Waals surface area (Å²) < 4.78 is 6.88. The van der Waals surface area contributed by atoms with Crippen molar-refractivity contribution in [2.75, 3.05) is 7.11 Å². The molecule has 0 fully saturated rings. The molecular formula is C20H28N4O3. The van der Waals surface area contributed by atoms with Gasteiger partial charge in [0.25, 0.3) is 5.91 Å². The minimum atomic E-state index is -0.438. The Morgan fingerprint density at radius 3 is 2.67 bits per heavy atom. The molecule has 2 aromatic heterocycles. The van der Waals surface area contributed by atoms with Gasteiger partial charge >= 0.3 is 5.97 Å². The van der Waals surface area contributed by atoms with Crippen LogP contribution in [-0.4, -0.2) is 33.8 Å². The molecule has 27 heavy (non-hydrogen) atoms. The number of esters is 1. The van der Waals surface area contributed by atoms with Gasteiger partial charge in [0.2, 0.25) is 0 Å². The van der Waals surface area contributed by atoms with Crippen LogP contribution in [0.5, 0.6) is 0 Å². The first-order valence-electron chi connectivity index (χ1n) is 9.30. The summed E-state index contributed by atoms with van der Waals surface area (Å²) in [5, 5.41) is 7.68. The number of methoxy groups -OCH3 is 1. The normalized spacial score (nSPS) is 16.7. The van der Waals surface area contributed by atoms with E-state index in [1.807, 2.05) is 6.20 Å². The van der Waals surface area contributed by atoms with Gasteiger partial charge in [0.1, 0.15) is 5.69 Å². The number of ether oxygens (including phenoxy) is 1. The molecule has 2 heterocycles. The first-order chi connectivity index (χ1) is 12.6. The lowest BCUT2D eigenvalue weighted by Gasteiger charge is -2.28. The van der Waals surface area contributed by atoms with Crippen molar-refractivity contribution in [3.05, 3.63) is 40.0 Å². The standard InChI is InChI=1S/C20H28N4O3/c1-11-16(19(26)27-6)12(2)22-17(11)18(25)23-14-8-7-9-15-13(14)10-21-24(15)20(3,4)5/h10,14,22H,7-9H2,1-6H3,(H,23,25)/t14-/m1/s1. The zero-order valence-corrected chi connectivity index (χ0v) is 16.9. The second-order valence-electron chi connectivity index (χ2n) is 8.16. The Hall–Kier alpha value is -2.57. The second-order valence-corrected chi connectivity index (χ2v) is 8.16. The van der Waals surface area contributed by atoms with Crippen molar-refractivity contribution in [2.24, 2.45) is 0 Å². The fourth-order valence-corrected chi connectivity index (χ4v) is 3.90. The Bertz CT molecular complexity index is 886. The van der Waals surface area contributed by atoms with E-state index in [2.05, 4.69) is 40.9 Å². The lowest BCUT2D eigenvalue weighted by Crippen LogP contribution is -2.33. The number of hydrogen-bond donors (Lipinski definition) is 2. The summed E-state index contributed by atoms with van der Waals surface area (Å²) >= 11 is 0. The predicted molar refractivity (Wildman–Crippen MR) is 102 cm³/mol. The summed E-state index contributed by atoms with van der Waals surface area (Å²) in [7, 11) is 1.34. The zero-order chi connectivity index (χ0) is 19.9. The van der Waals surface area contributed by atoms with Crippen LogP contribution in [0, 0.1) is 13.8 Å². The minimum Gasteiger partial charge on any atom is -0.465 e. The molecule has 1 amide bonds. The summed E-state index contributed by atoms with van der Waals surface area (Å²) in [4.78, 5) is 27.9. The molecule has 0 radical (unpaired) electrons. The van der Waals surface area contributed by atoms with E-state index in [0.29, 0.717) is 22.5 Å². The molecule has 0 spiro atoms. The van der Waals surface area contributed by atoms with Gasteiger partial charge in [-0.05, 0) is 59.4 Å². The summed E-state index contributed by atoms with van der Waals surface area (Å²) in [6.45, 7) is 9.91. The van der Waals surface area contributed by atoms with Gasteiger partial charge < -0.3 is 15.0 Å². The molecule has 0 aromatic carbocycles. The fraction of sp³-hybridized carbons (Fsp3) is 0.550. The van der Waals surface area contributed by atoms with Crippen LogP contribution in [0.2, 0.25) is 0 Å². The average Bonchev–Trinajstić information content (AvgIpc) is 3.16. The number of hydrogen-bond acceptors (Lipinski definition) is 4. The van der Waals surface area contributed by atoms with Crippen LogP contribution in [0.4, 0.5) is 0 Å². The van der Waals surface area contributed by atoms with Crippen LogP contribution in [0.25, 0.3) is 0 Å².